The Bertz CT molecular complexity index is 542. The van der Waals surface area contributed by atoms with E-state index in [0.29, 0.717) is 16.3 Å². The number of nitrogens with one attached hydrogen (secondary N) is 1. The molecule has 0 spiro atoms. The van der Waals surface area contributed by atoms with Crippen LogP contribution in [0.25, 0.3) is 0 Å². The van der Waals surface area contributed by atoms with Crippen LogP contribution in [0.5, 0.6) is 0 Å². The first-order chi connectivity index (χ1) is 9.94. The van der Waals surface area contributed by atoms with Gasteiger partial charge in [0.2, 0.25) is 0 Å². The van der Waals surface area contributed by atoms with E-state index in [9.17, 15) is 5.26 Å². The number of halogens is 2. The minimum absolute atomic E-state index is 0.308. The fraction of sp³-hybridized carbons (Fsp3) is 0.562. The van der Waals surface area contributed by atoms with Crippen molar-refractivity contribution in [3.63, 3.8) is 0 Å². The van der Waals surface area contributed by atoms with Crippen LogP contribution in [0.15, 0.2) is 23.1 Å². The third kappa shape index (κ3) is 4.53. The highest BCUT2D eigenvalue weighted by atomic mass is 35.5. The number of nitrogens with zero attached hydrogens (tertiary/aromatic N) is 1. The number of hydrogen-bond donors (Lipinski definition) is 1. The van der Waals surface area contributed by atoms with Gasteiger partial charge in [-0.25, -0.2) is 0 Å². The molecule has 0 amide bonds. The molecular weight excluding hydrogens is 323 g/mol. The monoisotopic (exact) mass is 342 g/mol. The van der Waals surface area contributed by atoms with E-state index in [1.54, 1.807) is 17.8 Å². The Morgan fingerprint density at radius 2 is 2.19 bits per heavy atom. The number of nitriles is 1. The van der Waals surface area contributed by atoms with Crippen LogP contribution in [0.4, 0.5) is 0 Å². The Labute approximate surface area is 141 Å². The van der Waals surface area contributed by atoms with Crippen molar-refractivity contribution in [1.82, 2.24) is 5.32 Å². The van der Waals surface area contributed by atoms with Crippen LogP contribution in [0.3, 0.4) is 0 Å². The van der Waals surface area contributed by atoms with E-state index >= 15 is 0 Å². The van der Waals surface area contributed by atoms with Gasteiger partial charge in [0.25, 0.3) is 0 Å². The second-order valence-electron chi connectivity index (χ2n) is 5.90. The van der Waals surface area contributed by atoms with Gasteiger partial charge in [-0.3, -0.25) is 5.32 Å². The largest absolute Gasteiger partial charge is 0.297 e. The molecule has 1 aliphatic rings. The van der Waals surface area contributed by atoms with E-state index in [1.165, 1.54) is 0 Å². The van der Waals surface area contributed by atoms with E-state index in [1.807, 2.05) is 12.1 Å². The molecule has 21 heavy (non-hydrogen) atoms. The Kier molecular flexibility index (Phi) is 5.85. The molecule has 2 unspecified atom stereocenters. The lowest BCUT2D eigenvalue weighted by Gasteiger charge is -2.37. The van der Waals surface area contributed by atoms with Crippen LogP contribution in [-0.2, 0) is 0 Å². The van der Waals surface area contributed by atoms with Crippen LogP contribution in [-0.4, -0.2) is 16.8 Å². The maximum Gasteiger partial charge on any atom is 0.108 e. The van der Waals surface area contributed by atoms with Gasteiger partial charge >= 0.3 is 0 Å². The molecule has 0 radical (unpaired) electrons. The maximum absolute atomic E-state index is 9.60. The normalized spacial score (nSPS) is 25.8. The van der Waals surface area contributed by atoms with E-state index in [4.69, 9.17) is 23.2 Å². The molecule has 2 atom stereocenters. The van der Waals surface area contributed by atoms with Crippen molar-refractivity contribution < 1.29 is 0 Å². The molecule has 1 N–H and O–H groups in total. The zero-order chi connectivity index (χ0) is 15.5. The third-order valence-electron chi connectivity index (χ3n) is 3.67. The standard InChI is InChI=1S/C16H20Cl2N2S/c1-11(2)20-16(10-19)7-3-4-13(9-16)21-15-8-12(17)5-6-14(15)18/h5-6,8,11,13,20H,3-4,7,9H2,1-2H3. The summed E-state index contributed by atoms with van der Waals surface area (Å²) >= 11 is 14.0. The fourth-order valence-corrected chi connectivity index (χ4v) is 4.76. The van der Waals surface area contributed by atoms with Crippen molar-refractivity contribution in [1.29, 1.82) is 5.26 Å². The zero-order valence-electron chi connectivity index (χ0n) is 12.3. The predicted octanol–water partition coefficient (Wildman–Crippen LogP) is 5.29. The zero-order valence-corrected chi connectivity index (χ0v) is 14.7. The van der Waals surface area contributed by atoms with Gasteiger partial charge in [-0.05, 0) is 57.7 Å². The first kappa shape index (κ1) is 17.0. The number of thioether (sulfide) groups is 1. The Morgan fingerprint density at radius 3 is 2.86 bits per heavy atom. The van der Waals surface area contributed by atoms with Crippen LogP contribution in [0.2, 0.25) is 10.0 Å². The maximum atomic E-state index is 9.60. The van der Waals surface area contributed by atoms with E-state index in [0.717, 1.165) is 35.6 Å². The van der Waals surface area contributed by atoms with Crippen LogP contribution >= 0.6 is 35.0 Å². The Hall–Kier alpha value is -0.400. The molecule has 114 valence electrons. The minimum Gasteiger partial charge on any atom is -0.297 e. The molecule has 2 nitrogen and oxygen atoms in total. The summed E-state index contributed by atoms with van der Waals surface area (Å²) in [5.41, 5.74) is -0.408. The van der Waals surface area contributed by atoms with Crippen LogP contribution in [0.1, 0.15) is 39.5 Å². The summed E-state index contributed by atoms with van der Waals surface area (Å²) in [7, 11) is 0. The highest BCUT2D eigenvalue weighted by Crippen LogP contribution is 2.41. The molecule has 0 bridgehead atoms. The molecule has 5 heteroatoms. The van der Waals surface area contributed by atoms with E-state index in [-0.39, 0.29) is 0 Å². The number of benzene rings is 1. The first-order valence-electron chi connectivity index (χ1n) is 7.25. The fourth-order valence-electron chi connectivity index (χ4n) is 2.89. The molecule has 1 aromatic rings. The van der Waals surface area contributed by atoms with Crippen molar-refractivity contribution in [2.45, 2.75) is 61.3 Å². The summed E-state index contributed by atoms with van der Waals surface area (Å²) in [5.74, 6) is 0. The number of hydrogen-bond acceptors (Lipinski definition) is 3. The highest BCUT2D eigenvalue weighted by Gasteiger charge is 2.37. The second kappa shape index (κ2) is 7.24. The van der Waals surface area contributed by atoms with Gasteiger partial charge in [0.1, 0.15) is 5.54 Å². The molecule has 2 rings (SSSR count). The van der Waals surface area contributed by atoms with Gasteiger partial charge in [0.05, 0.1) is 11.1 Å². The average molecular weight is 343 g/mol. The summed E-state index contributed by atoms with van der Waals surface area (Å²) in [4.78, 5) is 1.01. The lowest BCUT2D eigenvalue weighted by atomic mass is 9.82. The van der Waals surface area contributed by atoms with Crippen LogP contribution < -0.4 is 5.32 Å². The second-order valence-corrected chi connectivity index (χ2v) is 8.09. The molecular formula is C16H20Cl2N2S. The molecule has 0 aromatic heterocycles. The molecule has 1 aliphatic carbocycles. The highest BCUT2D eigenvalue weighted by molar-refractivity contribution is 8.00. The molecule has 1 fully saturated rings. The third-order valence-corrected chi connectivity index (χ3v) is 5.68. The summed E-state index contributed by atoms with van der Waals surface area (Å²) in [6.07, 6.45) is 3.93. The molecule has 0 aliphatic heterocycles. The summed E-state index contributed by atoms with van der Waals surface area (Å²) < 4.78 is 0. The lowest BCUT2D eigenvalue weighted by molar-refractivity contribution is 0.284. The van der Waals surface area contributed by atoms with Crippen molar-refractivity contribution in [2.24, 2.45) is 0 Å². The Balaban J connectivity index is 2.11. The Morgan fingerprint density at radius 1 is 1.43 bits per heavy atom. The van der Waals surface area contributed by atoms with Gasteiger partial charge in [0.15, 0.2) is 0 Å². The van der Waals surface area contributed by atoms with Crippen molar-refractivity contribution >= 4 is 35.0 Å². The first-order valence-corrected chi connectivity index (χ1v) is 8.88. The topological polar surface area (TPSA) is 35.8 Å². The molecule has 0 saturated heterocycles. The van der Waals surface area contributed by atoms with E-state index < -0.39 is 5.54 Å². The van der Waals surface area contributed by atoms with Crippen molar-refractivity contribution in [3.05, 3.63) is 28.2 Å². The van der Waals surface area contributed by atoms with Gasteiger partial charge in [-0.1, -0.05) is 23.2 Å². The quantitative estimate of drug-likeness (QED) is 0.807. The summed E-state index contributed by atoms with van der Waals surface area (Å²) in [6.45, 7) is 4.17. The SMILES string of the molecule is CC(C)NC1(C#N)CCCC(Sc2cc(Cl)ccc2Cl)C1. The van der Waals surface area contributed by atoms with Gasteiger partial charge in [-0.15, -0.1) is 11.8 Å². The molecule has 1 saturated carbocycles. The van der Waals surface area contributed by atoms with Crippen molar-refractivity contribution in [3.8, 4) is 6.07 Å². The smallest absolute Gasteiger partial charge is 0.108 e. The van der Waals surface area contributed by atoms with Gasteiger partial charge in [-0.2, -0.15) is 5.26 Å². The lowest BCUT2D eigenvalue weighted by Crippen LogP contribution is -2.51. The molecule has 0 heterocycles. The number of rotatable bonds is 4. The average Bonchev–Trinajstić information content (AvgIpc) is 2.42. The van der Waals surface area contributed by atoms with Crippen molar-refractivity contribution in [2.75, 3.05) is 0 Å². The summed E-state index contributed by atoms with van der Waals surface area (Å²) in [6, 6.07) is 8.36. The molecule has 1 aromatic carbocycles. The minimum atomic E-state index is -0.408. The van der Waals surface area contributed by atoms with Gasteiger partial charge < -0.3 is 0 Å². The van der Waals surface area contributed by atoms with E-state index in [2.05, 4.69) is 25.2 Å². The summed E-state index contributed by atoms with van der Waals surface area (Å²) in [5, 5.41) is 14.9. The predicted molar refractivity (Wildman–Crippen MR) is 91.2 cm³/mol. The van der Waals surface area contributed by atoms with Crippen LogP contribution in [0, 0.1) is 11.3 Å². The van der Waals surface area contributed by atoms with Gasteiger partial charge in [0, 0.05) is 21.2 Å².